The van der Waals surface area contributed by atoms with Gasteiger partial charge in [0.1, 0.15) is 0 Å². The Kier molecular flexibility index (Phi) is 2.91. The van der Waals surface area contributed by atoms with Crippen LogP contribution in [-0.4, -0.2) is 4.98 Å². The van der Waals surface area contributed by atoms with Crippen molar-refractivity contribution in [3.8, 4) is 0 Å². The van der Waals surface area contributed by atoms with Crippen LogP contribution in [0.4, 0.5) is 0 Å². The van der Waals surface area contributed by atoms with Crippen LogP contribution in [0.3, 0.4) is 0 Å². The molecule has 1 fully saturated rings. The van der Waals surface area contributed by atoms with Gasteiger partial charge in [-0.15, -0.1) is 0 Å². The fourth-order valence-electron chi connectivity index (χ4n) is 2.64. The van der Waals surface area contributed by atoms with Crippen molar-refractivity contribution in [3.05, 3.63) is 65.5 Å². The molecule has 92 valence electrons. The van der Waals surface area contributed by atoms with Crippen LogP contribution in [-0.2, 0) is 0 Å². The Balaban J connectivity index is 1.80. The Labute approximate surface area is 109 Å². The number of aromatic nitrogens is 1. The summed E-state index contributed by atoms with van der Waals surface area (Å²) in [6.07, 6.45) is 3.25. The maximum Gasteiger partial charge on any atom is 0.0431 e. The van der Waals surface area contributed by atoms with Gasteiger partial charge in [-0.05, 0) is 47.4 Å². The molecule has 2 unspecified atom stereocenters. The maximum absolute atomic E-state index is 4.45. The van der Waals surface area contributed by atoms with Gasteiger partial charge in [0.25, 0.3) is 0 Å². The van der Waals surface area contributed by atoms with Crippen LogP contribution in [0.2, 0.25) is 0 Å². The van der Waals surface area contributed by atoms with Gasteiger partial charge in [-0.1, -0.05) is 44.2 Å². The molecule has 1 heterocycles. The van der Waals surface area contributed by atoms with E-state index in [9.17, 15) is 0 Å². The number of nitrogens with zero attached hydrogens (tertiary/aromatic N) is 1. The zero-order valence-electron chi connectivity index (χ0n) is 11.0. The smallest absolute Gasteiger partial charge is 0.0431 e. The van der Waals surface area contributed by atoms with Crippen molar-refractivity contribution in [1.82, 2.24) is 4.98 Å². The highest BCUT2D eigenvalue weighted by Crippen LogP contribution is 2.54. The standard InChI is InChI=1S/C17H19N/c1-12(2)17-10-14(8-9-18-17)16-11-15(16)13-6-4-3-5-7-13/h3-10,12,15-16H,11H2,1-2H3. The molecule has 1 saturated carbocycles. The summed E-state index contributed by atoms with van der Waals surface area (Å²) in [6, 6.07) is 15.3. The SMILES string of the molecule is CC(C)c1cc(C2CC2c2ccccc2)ccn1. The van der Waals surface area contributed by atoms with E-state index in [0.717, 1.165) is 0 Å². The number of benzene rings is 1. The van der Waals surface area contributed by atoms with Gasteiger partial charge in [0, 0.05) is 11.9 Å². The van der Waals surface area contributed by atoms with E-state index >= 15 is 0 Å². The Morgan fingerprint density at radius 1 is 1.00 bits per heavy atom. The Bertz CT molecular complexity index is 530. The van der Waals surface area contributed by atoms with E-state index in [1.807, 2.05) is 6.20 Å². The molecule has 0 aliphatic heterocycles. The van der Waals surface area contributed by atoms with Crippen LogP contribution in [0.25, 0.3) is 0 Å². The first-order valence-corrected chi connectivity index (χ1v) is 6.76. The van der Waals surface area contributed by atoms with Gasteiger partial charge < -0.3 is 0 Å². The van der Waals surface area contributed by atoms with Crippen LogP contribution in [0.5, 0.6) is 0 Å². The lowest BCUT2D eigenvalue weighted by atomic mass is 10.0. The summed E-state index contributed by atoms with van der Waals surface area (Å²) in [6.45, 7) is 4.40. The molecule has 2 atom stereocenters. The summed E-state index contributed by atoms with van der Waals surface area (Å²) >= 11 is 0. The molecule has 18 heavy (non-hydrogen) atoms. The molecule has 0 spiro atoms. The molecular formula is C17H19N. The molecule has 1 aromatic carbocycles. The van der Waals surface area contributed by atoms with E-state index in [1.165, 1.54) is 23.2 Å². The molecule has 1 nitrogen and oxygen atoms in total. The van der Waals surface area contributed by atoms with Crippen molar-refractivity contribution < 1.29 is 0 Å². The lowest BCUT2D eigenvalue weighted by Crippen LogP contribution is -1.94. The molecule has 2 aromatic rings. The summed E-state index contributed by atoms with van der Waals surface area (Å²) in [5.41, 5.74) is 4.15. The van der Waals surface area contributed by atoms with Crippen molar-refractivity contribution in [3.63, 3.8) is 0 Å². The third kappa shape index (κ3) is 2.17. The quantitative estimate of drug-likeness (QED) is 0.767. The molecule has 0 N–H and O–H groups in total. The predicted molar refractivity (Wildman–Crippen MR) is 74.9 cm³/mol. The fourth-order valence-corrected chi connectivity index (χ4v) is 2.64. The van der Waals surface area contributed by atoms with Gasteiger partial charge in [-0.3, -0.25) is 4.98 Å². The second-order valence-corrected chi connectivity index (χ2v) is 5.53. The number of hydrogen-bond donors (Lipinski definition) is 0. The first kappa shape index (κ1) is 11.5. The molecule has 0 bridgehead atoms. The topological polar surface area (TPSA) is 12.9 Å². The number of hydrogen-bond acceptors (Lipinski definition) is 1. The highest BCUT2D eigenvalue weighted by atomic mass is 14.7. The van der Waals surface area contributed by atoms with Crippen LogP contribution >= 0.6 is 0 Å². The summed E-state index contributed by atoms with van der Waals surface area (Å²) in [5, 5.41) is 0. The van der Waals surface area contributed by atoms with Gasteiger partial charge in [-0.25, -0.2) is 0 Å². The van der Waals surface area contributed by atoms with E-state index < -0.39 is 0 Å². The molecule has 0 saturated heterocycles. The van der Waals surface area contributed by atoms with E-state index in [4.69, 9.17) is 0 Å². The number of pyridine rings is 1. The lowest BCUT2D eigenvalue weighted by Gasteiger charge is -2.07. The van der Waals surface area contributed by atoms with Crippen LogP contribution in [0, 0.1) is 0 Å². The van der Waals surface area contributed by atoms with E-state index in [0.29, 0.717) is 17.8 Å². The zero-order valence-corrected chi connectivity index (χ0v) is 11.0. The second kappa shape index (κ2) is 4.56. The number of rotatable bonds is 3. The third-order valence-corrected chi connectivity index (χ3v) is 3.84. The van der Waals surface area contributed by atoms with E-state index in [-0.39, 0.29) is 0 Å². The minimum absolute atomic E-state index is 0.513. The molecule has 0 amide bonds. The Hall–Kier alpha value is -1.63. The first-order valence-electron chi connectivity index (χ1n) is 6.76. The molecule has 1 aliphatic rings. The first-order chi connectivity index (χ1) is 8.75. The van der Waals surface area contributed by atoms with Crippen LogP contribution in [0.1, 0.15) is 54.8 Å². The highest BCUT2D eigenvalue weighted by Gasteiger charge is 2.39. The van der Waals surface area contributed by atoms with E-state index in [2.05, 4.69) is 61.3 Å². The Morgan fingerprint density at radius 3 is 2.44 bits per heavy atom. The molecule has 1 heteroatoms. The lowest BCUT2D eigenvalue weighted by molar-refractivity contribution is 0.816. The van der Waals surface area contributed by atoms with Gasteiger partial charge in [0.2, 0.25) is 0 Å². The average molecular weight is 237 g/mol. The summed E-state index contributed by atoms with van der Waals surface area (Å²) in [4.78, 5) is 4.45. The van der Waals surface area contributed by atoms with Crippen molar-refractivity contribution in [2.45, 2.75) is 38.0 Å². The normalized spacial score (nSPS) is 22.2. The van der Waals surface area contributed by atoms with Gasteiger partial charge in [-0.2, -0.15) is 0 Å². The molecule has 1 aromatic heterocycles. The second-order valence-electron chi connectivity index (χ2n) is 5.53. The molecule has 0 radical (unpaired) electrons. The van der Waals surface area contributed by atoms with Crippen molar-refractivity contribution in [2.24, 2.45) is 0 Å². The van der Waals surface area contributed by atoms with Crippen molar-refractivity contribution >= 4 is 0 Å². The van der Waals surface area contributed by atoms with Crippen LogP contribution in [0.15, 0.2) is 48.7 Å². The third-order valence-electron chi connectivity index (χ3n) is 3.84. The van der Waals surface area contributed by atoms with Gasteiger partial charge in [0.15, 0.2) is 0 Å². The molecule has 1 aliphatic carbocycles. The maximum atomic E-state index is 4.45. The predicted octanol–water partition coefficient (Wildman–Crippen LogP) is 4.48. The zero-order chi connectivity index (χ0) is 12.5. The van der Waals surface area contributed by atoms with Gasteiger partial charge in [0.05, 0.1) is 0 Å². The summed E-state index contributed by atoms with van der Waals surface area (Å²) in [7, 11) is 0. The summed E-state index contributed by atoms with van der Waals surface area (Å²) in [5.74, 6) is 1.93. The van der Waals surface area contributed by atoms with Crippen molar-refractivity contribution in [1.29, 1.82) is 0 Å². The monoisotopic (exact) mass is 237 g/mol. The largest absolute Gasteiger partial charge is 0.261 e. The Morgan fingerprint density at radius 2 is 1.72 bits per heavy atom. The fraction of sp³-hybridized carbons (Fsp3) is 0.353. The van der Waals surface area contributed by atoms with Crippen molar-refractivity contribution in [2.75, 3.05) is 0 Å². The highest BCUT2D eigenvalue weighted by molar-refractivity contribution is 5.36. The van der Waals surface area contributed by atoms with Gasteiger partial charge >= 0.3 is 0 Å². The molecule has 3 rings (SSSR count). The average Bonchev–Trinajstić information content (AvgIpc) is 3.20. The summed E-state index contributed by atoms with van der Waals surface area (Å²) < 4.78 is 0. The molecular weight excluding hydrogens is 218 g/mol. The minimum atomic E-state index is 0.513. The van der Waals surface area contributed by atoms with Crippen LogP contribution < -0.4 is 0 Å². The minimum Gasteiger partial charge on any atom is -0.261 e. The van der Waals surface area contributed by atoms with E-state index in [1.54, 1.807) is 0 Å².